The van der Waals surface area contributed by atoms with E-state index in [2.05, 4.69) is 41.2 Å². The number of anilines is 1. The van der Waals surface area contributed by atoms with Crippen LogP contribution < -0.4 is 4.90 Å². The van der Waals surface area contributed by atoms with Crippen LogP contribution in [0.1, 0.15) is 12.8 Å². The minimum atomic E-state index is 0.319. The number of halogens is 5. The molecule has 0 radical (unpaired) electrons. The lowest BCUT2D eigenvalue weighted by atomic mass is 10.4. The molecule has 0 spiro atoms. The van der Waals surface area contributed by atoms with Crippen molar-refractivity contribution in [3.63, 3.8) is 0 Å². The van der Waals surface area contributed by atoms with E-state index >= 15 is 0 Å². The Hall–Kier alpha value is -0.400. The first-order chi connectivity index (χ1) is 10.5. The minimum Gasteiger partial charge on any atom is -0.369 e. The van der Waals surface area contributed by atoms with Gasteiger partial charge in [0.05, 0.1) is 10.2 Å². The van der Waals surface area contributed by atoms with Crippen molar-refractivity contribution in [2.24, 2.45) is 0 Å². The molecule has 0 aliphatic carbocycles. The molecule has 1 fully saturated rings. The fourth-order valence-electron chi connectivity index (χ4n) is 1.86. The summed E-state index contributed by atoms with van der Waals surface area (Å²) in [6, 6.07) is 3.35. The van der Waals surface area contributed by atoms with Gasteiger partial charge in [-0.25, -0.2) is 0 Å². The van der Waals surface area contributed by atoms with Gasteiger partial charge in [-0.05, 0) is 34.8 Å². The lowest BCUT2D eigenvalue weighted by molar-refractivity contribution is 0.937. The molecule has 2 aromatic rings. The minimum absolute atomic E-state index is 0.319. The van der Waals surface area contributed by atoms with Gasteiger partial charge in [-0.1, -0.05) is 46.4 Å². The van der Waals surface area contributed by atoms with Gasteiger partial charge >= 0.3 is 0 Å². The van der Waals surface area contributed by atoms with Crippen molar-refractivity contribution in [1.29, 1.82) is 0 Å². The van der Waals surface area contributed by atoms with E-state index in [1.165, 1.54) is 12.8 Å². The second-order valence-electron chi connectivity index (χ2n) is 4.34. The molecule has 2 aromatic heterocycles. The highest BCUT2D eigenvalue weighted by molar-refractivity contribution is 9.10. The highest BCUT2D eigenvalue weighted by atomic mass is 79.9. The number of nitrogens with zero attached hydrogens (tertiary/aromatic N) is 5. The van der Waals surface area contributed by atoms with E-state index in [1.54, 1.807) is 12.1 Å². The first-order valence-electron chi connectivity index (χ1n) is 6.25. The van der Waals surface area contributed by atoms with E-state index < -0.39 is 0 Å². The van der Waals surface area contributed by atoms with E-state index in [0.717, 1.165) is 18.8 Å². The van der Waals surface area contributed by atoms with E-state index in [9.17, 15) is 0 Å². The zero-order valence-corrected chi connectivity index (χ0v) is 15.7. The summed E-state index contributed by atoms with van der Waals surface area (Å²) in [6.45, 7) is 2.06. The Balaban J connectivity index is 0.000000172. The van der Waals surface area contributed by atoms with E-state index in [0.29, 0.717) is 25.1 Å². The van der Waals surface area contributed by atoms with Crippen LogP contribution in [0.3, 0.4) is 0 Å². The third-order valence-electron chi connectivity index (χ3n) is 2.82. The summed E-state index contributed by atoms with van der Waals surface area (Å²) in [6.07, 6.45) is 2.41. The first-order valence-corrected chi connectivity index (χ1v) is 8.55. The maximum Gasteiger partial charge on any atom is 0.175 e. The zero-order chi connectivity index (χ0) is 16.1. The second kappa shape index (κ2) is 8.45. The molecule has 3 rings (SSSR count). The number of rotatable bonds is 1. The van der Waals surface area contributed by atoms with Gasteiger partial charge in [-0.2, -0.15) is 0 Å². The molecule has 118 valence electrons. The van der Waals surface area contributed by atoms with Crippen molar-refractivity contribution in [3.05, 3.63) is 37.2 Å². The molecule has 1 aliphatic rings. The fourth-order valence-corrected chi connectivity index (χ4v) is 2.88. The van der Waals surface area contributed by atoms with Crippen molar-refractivity contribution in [2.75, 3.05) is 18.0 Å². The molecule has 0 saturated carbocycles. The highest BCUT2D eigenvalue weighted by Crippen LogP contribution is 2.27. The van der Waals surface area contributed by atoms with Gasteiger partial charge in [0.15, 0.2) is 20.6 Å². The summed E-state index contributed by atoms with van der Waals surface area (Å²) in [7, 11) is 0. The van der Waals surface area contributed by atoms with Gasteiger partial charge in [0.25, 0.3) is 0 Å². The summed E-state index contributed by atoms with van der Waals surface area (Å²) in [5.74, 6) is 0. The predicted octanol–water partition coefficient (Wildman–Crippen LogP) is 4.93. The van der Waals surface area contributed by atoms with Crippen molar-refractivity contribution in [1.82, 2.24) is 20.4 Å². The van der Waals surface area contributed by atoms with Crippen LogP contribution in [-0.4, -0.2) is 33.5 Å². The Morgan fingerprint density at radius 1 is 0.818 bits per heavy atom. The molecular weight excluding hydrogens is 436 g/mol. The van der Waals surface area contributed by atoms with Gasteiger partial charge in [0, 0.05) is 19.2 Å². The van der Waals surface area contributed by atoms with Gasteiger partial charge in [0.2, 0.25) is 0 Å². The largest absolute Gasteiger partial charge is 0.369 e. The number of hydrogen-bond acceptors (Lipinski definition) is 5. The van der Waals surface area contributed by atoms with Gasteiger partial charge < -0.3 is 4.90 Å². The van der Waals surface area contributed by atoms with Crippen LogP contribution in [0.4, 0.5) is 5.69 Å². The van der Waals surface area contributed by atoms with Crippen LogP contribution in [-0.2, 0) is 0 Å². The van der Waals surface area contributed by atoms with Crippen molar-refractivity contribution in [3.8, 4) is 0 Å². The van der Waals surface area contributed by atoms with Crippen LogP contribution in [0.15, 0.2) is 16.6 Å². The topological polar surface area (TPSA) is 54.8 Å². The molecule has 0 atom stereocenters. The zero-order valence-electron chi connectivity index (χ0n) is 11.1. The van der Waals surface area contributed by atoms with E-state index in [4.69, 9.17) is 46.4 Å². The standard InChI is InChI=1S/C8H9Cl2N3.C4HBrCl2N2/c9-7-5-6(8(10)12-11-7)13-3-1-2-4-13;5-2-1-3(6)8-9-4(2)7/h5H,1-4H2;1H. The Bertz CT molecular complexity index is 651. The molecule has 3 heterocycles. The summed E-state index contributed by atoms with van der Waals surface area (Å²) in [5.41, 5.74) is 0.902. The fraction of sp³-hybridized carbons (Fsp3) is 0.333. The smallest absolute Gasteiger partial charge is 0.175 e. The molecule has 10 heteroatoms. The normalized spacial score (nSPS) is 13.8. The molecule has 0 amide bonds. The SMILES string of the molecule is Clc1cc(Br)c(Cl)nn1.Clc1cc(N2CCCC2)c(Cl)nn1. The Morgan fingerprint density at radius 2 is 1.36 bits per heavy atom. The van der Waals surface area contributed by atoms with Gasteiger partial charge in [-0.15, -0.1) is 20.4 Å². The molecule has 0 unspecified atom stereocenters. The summed E-state index contributed by atoms with van der Waals surface area (Å²) in [5, 5.41) is 15.9. The van der Waals surface area contributed by atoms with Gasteiger partial charge in [0.1, 0.15) is 0 Å². The molecular formula is C12H10BrCl4N5. The van der Waals surface area contributed by atoms with Crippen molar-refractivity contribution >= 4 is 68.0 Å². The van der Waals surface area contributed by atoms with Crippen LogP contribution in [0.5, 0.6) is 0 Å². The van der Waals surface area contributed by atoms with E-state index in [1.807, 2.05) is 0 Å². The molecule has 0 bridgehead atoms. The van der Waals surface area contributed by atoms with Crippen LogP contribution in [0.2, 0.25) is 20.6 Å². The third kappa shape index (κ3) is 5.06. The lowest BCUT2D eigenvalue weighted by Crippen LogP contribution is -2.18. The average molecular weight is 446 g/mol. The maximum atomic E-state index is 5.90. The van der Waals surface area contributed by atoms with Crippen LogP contribution >= 0.6 is 62.3 Å². The highest BCUT2D eigenvalue weighted by Gasteiger charge is 2.16. The average Bonchev–Trinajstić information content (AvgIpc) is 3.01. The Labute approximate surface area is 156 Å². The van der Waals surface area contributed by atoms with Crippen LogP contribution in [0.25, 0.3) is 0 Å². The maximum absolute atomic E-state index is 5.90. The second-order valence-corrected chi connectivity index (χ2v) is 6.69. The molecule has 22 heavy (non-hydrogen) atoms. The molecule has 0 aromatic carbocycles. The summed E-state index contributed by atoms with van der Waals surface area (Å²) >= 11 is 25.7. The Morgan fingerprint density at radius 3 is 1.91 bits per heavy atom. The molecule has 1 saturated heterocycles. The summed E-state index contributed by atoms with van der Waals surface area (Å²) < 4.78 is 0.657. The van der Waals surface area contributed by atoms with Gasteiger partial charge in [-0.3, -0.25) is 0 Å². The van der Waals surface area contributed by atoms with Crippen molar-refractivity contribution in [2.45, 2.75) is 12.8 Å². The Kier molecular flexibility index (Phi) is 6.89. The summed E-state index contributed by atoms with van der Waals surface area (Å²) in [4.78, 5) is 2.18. The van der Waals surface area contributed by atoms with E-state index in [-0.39, 0.29) is 0 Å². The molecule has 1 aliphatic heterocycles. The van der Waals surface area contributed by atoms with Crippen LogP contribution in [0, 0.1) is 0 Å². The van der Waals surface area contributed by atoms with Crippen molar-refractivity contribution < 1.29 is 0 Å². The number of hydrogen-bond donors (Lipinski definition) is 0. The monoisotopic (exact) mass is 443 g/mol. The predicted molar refractivity (Wildman–Crippen MR) is 93.3 cm³/mol. The molecule has 5 nitrogen and oxygen atoms in total. The number of aromatic nitrogens is 4. The quantitative estimate of drug-likeness (QED) is 0.623. The molecule has 0 N–H and O–H groups in total. The third-order valence-corrected chi connectivity index (χ3v) is 4.57. The first kappa shape index (κ1) is 17.9. The lowest BCUT2D eigenvalue weighted by Gasteiger charge is -2.17.